The van der Waals surface area contributed by atoms with Gasteiger partial charge in [-0.15, -0.1) is 0 Å². The molecule has 0 saturated carbocycles. The van der Waals surface area contributed by atoms with Crippen LogP contribution in [0.2, 0.25) is 0 Å². The van der Waals surface area contributed by atoms with Crippen molar-refractivity contribution >= 4 is 6.08 Å². The van der Waals surface area contributed by atoms with Gasteiger partial charge in [0.05, 0.1) is 0 Å². The molecule has 10 heavy (non-hydrogen) atoms. The van der Waals surface area contributed by atoms with E-state index < -0.39 is 0 Å². The fraction of sp³-hybridized carbons (Fsp3) is 0.222. The molecule has 1 heterocycles. The second-order valence-corrected chi connectivity index (χ2v) is 2.30. The van der Waals surface area contributed by atoms with E-state index in [9.17, 15) is 0 Å². The lowest BCUT2D eigenvalue weighted by atomic mass is 10.2. The summed E-state index contributed by atoms with van der Waals surface area (Å²) in [6.07, 6.45) is 8.19. The molecular weight excluding hydrogens is 122 g/mol. The first-order valence-electron chi connectivity index (χ1n) is 3.41. The van der Waals surface area contributed by atoms with Crippen molar-refractivity contribution < 1.29 is 4.57 Å². The van der Waals surface area contributed by atoms with Crippen LogP contribution in [0.15, 0.2) is 30.6 Å². The number of hydrogen-bond donors (Lipinski definition) is 0. The first kappa shape index (κ1) is 7.00. The second kappa shape index (κ2) is 3.16. The molecule has 0 aliphatic carbocycles. The Bertz CT molecular complexity index is 221. The Morgan fingerprint density at radius 2 is 1.90 bits per heavy atom. The quantitative estimate of drug-likeness (QED) is 0.513. The highest BCUT2D eigenvalue weighted by molar-refractivity contribution is 5.46. The van der Waals surface area contributed by atoms with E-state index in [1.54, 1.807) is 0 Å². The third-order valence-electron chi connectivity index (χ3n) is 1.36. The number of rotatable bonds is 1. The van der Waals surface area contributed by atoms with E-state index in [-0.39, 0.29) is 0 Å². The standard InChI is InChI=1S/C9H12N/c1-3-4-9-5-7-10(2)8-6-9/h3-8H,1-2H3/q+1. The number of pyridine rings is 1. The molecule has 0 atom stereocenters. The van der Waals surface area contributed by atoms with Gasteiger partial charge in [-0.2, -0.15) is 0 Å². The van der Waals surface area contributed by atoms with E-state index in [1.807, 2.05) is 37.0 Å². The summed E-state index contributed by atoms with van der Waals surface area (Å²) in [5.74, 6) is 0. The summed E-state index contributed by atoms with van der Waals surface area (Å²) < 4.78 is 2.02. The number of aryl methyl sites for hydroxylation is 1. The highest BCUT2D eigenvalue weighted by Gasteiger charge is 1.88. The largest absolute Gasteiger partial charge is 0.208 e. The van der Waals surface area contributed by atoms with Crippen LogP contribution >= 0.6 is 0 Å². The molecule has 1 aromatic rings. The van der Waals surface area contributed by atoms with Gasteiger partial charge in [0.1, 0.15) is 7.05 Å². The van der Waals surface area contributed by atoms with Gasteiger partial charge < -0.3 is 0 Å². The zero-order valence-corrected chi connectivity index (χ0v) is 6.41. The highest BCUT2D eigenvalue weighted by Crippen LogP contribution is 1.96. The number of hydrogen-bond acceptors (Lipinski definition) is 0. The summed E-state index contributed by atoms with van der Waals surface area (Å²) in [5, 5.41) is 0. The Hall–Kier alpha value is -1.11. The Morgan fingerprint density at radius 3 is 2.40 bits per heavy atom. The Kier molecular flexibility index (Phi) is 2.21. The topological polar surface area (TPSA) is 3.88 Å². The molecule has 0 amide bonds. The van der Waals surface area contributed by atoms with Crippen LogP contribution < -0.4 is 4.57 Å². The maximum absolute atomic E-state index is 2.08. The van der Waals surface area contributed by atoms with Crippen LogP contribution in [0, 0.1) is 0 Å². The van der Waals surface area contributed by atoms with Crippen LogP contribution in [-0.4, -0.2) is 0 Å². The van der Waals surface area contributed by atoms with Crippen LogP contribution in [0.1, 0.15) is 12.5 Å². The van der Waals surface area contributed by atoms with Crippen LogP contribution in [-0.2, 0) is 7.05 Å². The molecule has 1 nitrogen and oxygen atoms in total. The van der Waals surface area contributed by atoms with Crippen molar-refractivity contribution in [1.82, 2.24) is 0 Å². The predicted octanol–water partition coefficient (Wildman–Crippen LogP) is 1.54. The van der Waals surface area contributed by atoms with Crippen molar-refractivity contribution in [2.24, 2.45) is 7.05 Å². The van der Waals surface area contributed by atoms with Gasteiger partial charge >= 0.3 is 0 Å². The van der Waals surface area contributed by atoms with Gasteiger partial charge in [0.25, 0.3) is 0 Å². The number of nitrogens with zero attached hydrogens (tertiary/aromatic N) is 1. The first-order valence-corrected chi connectivity index (χ1v) is 3.41. The molecule has 1 rings (SSSR count). The lowest BCUT2D eigenvalue weighted by molar-refractivity contribution is -0.671. The van der Waals surface area contributed by atoms with Gasteiger partial charge in [-0.05, 0) is 12.5 Å². The van der Waals surface area contributed by atoms with E-state index >= 15 is 0 Å². The highest BCUT2D eigenvalue weighted by atomic mass is 14.9. The zero-order chi connectivity index (χ0) is 7.40. The molecule has 0 saturated heterocycles. The maximum Gasteiger partial charge on any atom is 0.169 e. The van der Waals surface area contributed by atoms with E-state index in [0.717, 1.165) is 0 Å². The van der Waals surface area contributed by atoms with E-state index in [1.165, 1.54) is 5.56 Å². The first-order chi connectivity index (χ1) is 4.83. The molecular formula is C9H12N+. The average Bonchev–Trinajstić information content (AvgIpc) is 1.95. The van der Waals surface area contributed by atoms with Gasteiger partial charge in [-0.25, -0.2) is 4.57 Å². The van der Waals surface area contributed by atoms with Crippen LogP contribution in [0.25, 0.3) is 6.08 Å². The normalized spacial score (nSPS) is 10.6. The van der Waals surface area contributed by atoms with Gasteiger partial charge in [-0.3, -0.25) is 0 Å². The molecule has 0 spiro atoms. The number of aromatic nitrogens is 1. The minimum absolute atomic E-state index is 1.25. The molecule has 0 aliphatic rings. The molecule has 1 heteroatoms. The summed E-state index contributed by atoms with van der Waals surface area (Å²) in [5.41, 5.74) is 1.25. The van der Waals surface area contributed by atoms with Crippen molar-refractivity contribution in [1.29, 1.82) is 0 Å². The molecule has 0 unspecified atom stereocenters. The summed E-state index contributed by atoms with van der Waals surface area (Å²) >= 11 is 0. The van der Waals surface area contributed by atoms with Gasteiger partial charge in [0.2, 0.25) is 0 Å². The molecule has 0 radical (unpaired) electrons. The smallest absolute Gasteiger partial charge is 0.169 e. The van der Waals surface area contributed by atoms with E-state index in [0.29, 0.717) is 0 Å². The molecule has 0 N–H and O–H groups in total. The Labute approximate surface area is 61.6 Å². The lowest BCUT2D eigenvalue weighted by Crippen LogP contribution is -2.25. The molecule has 1 aromatic heterocycles. The minimum atomic E-state index is 1.25. The molecule has 0 aliphatic heterocycles. The second-order valence-electron chi connectivity index (χ2n) is 2.30. The number of allylic oxidation sites excluding steroid dienone is 1. The Morgan fingerprint density at radius 1 is 1.30 bits per heavy atom. The van der Waals surface area contributed by atoms with Crippen LogP contribution in [0.4, 0.5) is 0 Å². The fourth-order valence-corrected chi connectivity index (χ4v) is 0.816. The van der Waals surface area contributed by atoms with Crippen LogP contribution in [0.5, 0.6) is 0 Å². The van der Waals surface area contributed by atoms with Gasteiger partial charge in [0, 0.05) is 12.1 Å². The summed E-state index contributed by atoms with van der Waals surface area (Å²) in [6.45, 7) is 2.02. The maximum atomic E-state index is 2.08. The fourth-order valence-electron chi connectivity index (χ4n) is 0.816. The predicted molar refractivity (Wildman–Crippen MR) is 42.3 cm³/mol. The van der Waals surface area contributed by atoms with Crippen molar-refractivity contribution in [2.75, 3.05) is 0 Å². The molecule has 0 bridgehead atoms. The lowest BCUT2D eigenvalue weighted by Gasteiger charge is -1.88. The van der Waals surface area contributed by atoms with Crippen LogP contribution in [0.3, 0.4) is 0 Å². The Balaban J connectivity index is 2.89. The molecule has 52 valence electrons. The minimum Gasteiger partial charge on any atom is -0.208 e. The van der Waals surface area contributed by atoms with Crippen molar-refractivity contribution in [2.45, 2.75) is 6.92 Å². The summed E-state index contributed by atoms with van der Waals surface area (Å²) in [7, 11) is 2.01. The summed E-state index contributed by atoms with van der Waals surface area (Å²) in [4.78, 5) is 0. The monoisotopic (exact) mass is 134 g/mol. The van der Waals surface area contributed by atoms with Crippen molar-refractivity contribution in [3.05, 3.63) is 36.2 Å². The zero-order valence-electron chi connectivity index (χ0n) is 6.41. The average molecular weight is 134 g/mol. The third-order valence-corrected chi connectivity index (χ3v) is 1.36. The van der Waals surface area contributed by atoms with Crippen molar-refractivity contribution in [3.8, 4) is 0 Å². The van der Waals surface area contributed by atoms with Crippen molar-refractivity contribution in [3.63, 3.8) is 0 Å². The SMILES string of the molecule is CC=Cc1cc[n+](C)cc1. The van der Waals surface area contributed by atoms with Gasteiger partial charge in [0.15, 0.2) is 12.4 Å². The molecule has 0 aromatic carbocycles. The molecule has 0 fully saturated rings. The van der Waals surface area contributed by atoms with E-state index in [4.69, 9.17) is 0 Å². The van der Waals surface area contributed by atoms with Gasteiger partial charge in [-0.1, -0.05) is 12.2 Å². The summed E-state index contributed by atoms with van der Waals surface area (Å²) in [6, 6.07) is 4.17. The van der Waals surface area contributed by atoms with E-state index in [2.05, 4.69) is 18.2 Å². The third kappa shape index (κ3) is 1.69.